The van der Waals surface area contributed by atoms with Crippen molar-refractivity contribution in [2.24, 2.45) is 0 Å². The fourth-order valence-electron chi connectivity index (χ4n) is 1.73. The standard InChI is InChI=1S/C15H21NO3S/c1-5-6-11-16(15(3,4)12-17)20(18,19)14-9-7-13(2)8-10-14/h6-10,17H,1,11-12H2,2-4H3. The molecule has 1 aromatic rings. The van der Waals surface area contributed by atoms with E-state index in [2.05, 4.69) is 12.3 Å². The van der Waals surface area contributed by atoms with Crippen LogP contribution in [-0.2, 0) is 10.0 Å². The van der Waals surface area contributed by atoms with Crippen LogP contribution in [0.2, 0.25) is 0 Å². The number of sulfonamides is 1. The average Bonchev–Trinajstić information content (AvgIpc) is 2.39. The molecule has 0 fully saturated rings. The molecule has 0 saturated carbocycles. The molecule has 110 valence electrons. The molecule has 0 bridgehead atoms. The van der Waals surface area contributed by atoms with Crippen LogP contribution in [0.5, 0.6) is 0 Å². The first kappa shape index (κ1) is 16.7. The van der Waals surface area contributed by atoms with E-state index >= 15 is 0 Å². The molecule has 0 aliphatic heterocycles. The number of hydrogen-bond acceptors (Lipinski definition) is 3. The van der Waals surface area contributed by atoms with Crippen LogP contribution in [0.1, 0.15) is 19.4 Å². The number of benzene rings is 1. The SMILES string of the molecule is C=C=CCN(C(C)(C)CO)S(=O)(=O)c1ccc(C)cc1. The molecule has 0 heterocycles. The number of nitrogens with zero attached hydrogens (tertiary/aromatic N) is 1. The van der Waals surface area contributed by atoms with E-state index in [4.69, 9.17) is 0 Å². The predicted octanol–water partition coefficient (Wildman–Crippen LogP) is 2.10. The summed E-state index contributed by atoms with van der Waals surface area (Å²) in [6.45, 7) is 8.53. The van der Waals surface area contributed by atoms with E-state index in [1.807, 2.05) is 6.92 Å². The predicted molar refractivity (Wildman–Crippen MR) is 79.9 cm³/mol. The second kappa shape index (κ2) is 6.37. The molecule has 20 heavy (non-hydrogen) atoms. The smallest absolute Gasteiger partial charge is 0.243 e. The van der Waals surface area contributed by atoms with Gasteiger partial charge in [-0.05, 0) is 39.0 Å². The Labute approximate surface area is 121 Å². The van der Waals surface area contributed by atoms with Crippen LogP contribution >= 0.6 is 0 Å². The Hall–Kier alpha value is -1.39. The van der Waals surface area contributed by atoms with Crippen LogP contribution in [0.4, 0.5) is 0 Å². The second-order valence-electron chi connectivity index (χ2n) is 5.23. The van der Waals surface area contributed by atoms with E-state index < -0.39 is 15.6 Å². The van der Waals surface area contributed by atoms with Gasteiger partial charge in [0.1, 0.15) is 0 Å². The lowest BCUT2D eigenvalue weighted by Gasteiger charge is -2.35. The zero-order valence-corrected chi connectivity index (χ0v) is 12.9. The van der Waals surface area contributed by atoms with E-state index in [0.717, 1.165) is 5.56 Å². The minimum atomic E-state index is -3.69. The van der Waals surface area contributed by atoms with E-state index in [0.29, 0.717) is 0 Å². The summed E-state index contributed by atoms with van der Waals surface area (Å²) in [6, 6.07) is 6.65. The topological polar surface area (TPSA) is 57.6 Å². The molecule has 0 unspecified atom stereocenters. The maximum atomic E-state index is 12.7. The van der Waals surface area contributed by atoms with Crippen molar-refractivity contribution in [3.63, 3.8) is 0 Å². The van der Waals surface area contributed by atoms with Crippen LogP contribution in [-0.4, -0.2) is 36.5 Å². The van der Waals surface area contributed by atoms with Gasteiger partial charge in [-0.3, -0.25) is 0 Å². The molecule has 4 nitrogen and oxygen atoms in total. The maximum Gasteiger partial charge on any atom is 0.243 e. The number of aryl methyl sites for hydroxylation is 1. The van der Waals surface area contributed by atoms with Crippen molar-refractivity contribution in [2.75, 3.05) is 13.2 Å². The van der Waals surface area contributed by atoms with Gasteiger partial charge in [-0.2, -0.15) is 4.31 Å². The third-order valence-electron chi connectivity index (χ3n) is 3.07. The molecule has 0 saturated heterocycles. The van der Waals surface area contributed by atoms with Gasteiger partial charge in [-0.1, -0.05) is 24.3 Å². The van der Waals surface area contributed by atoms with Gasteiger partial charge in [-0.15, -0.1) is 5.73 Å². The number of hydrogen-bond donors (Lipinski definition) is 1. The van der Waals surface area contributed by atoms with Crippen molar-refractivity contribution < 1.29 is 13.5 Å². The quantitative estimate of drug-likeness (QED) is 0.818. The van der Waals surface area contributed by atoms with Gasteiger partial charge in [0, 0.05) is 6.54 Å². The highest BCUT2D eigenvalue weighted by Gasteiger charge is 2.36. The van der Waals surface area contributed by atoms with E-state index in [1.165, 1.54) is 10.4 Å². The first-order valence-electron chi connectivity index (χ1n) is 6.30. The van der Waals surface area contributed by atoms with Gasteiger partial charge >= 0.3 is 0 Å². The zero-order chi connectivity index (χ0) is 15.4. The van der Waals surface area contributed by atoms with Crippen molar-refractivity contribution in [1.82, 2.24) is 4.31 Å². The molecule has 1 aromatic carbocycles. The monoisotopic (exact) mass is 295 g/mol. The lowest BCUT2D eigenvalue weighted by molar-refractivity contribution is 0.129. The van der Waals surface area contributed by atoms with Crippen molar-refractivity contribution >= 4 is 10.0 Å². The van der Waals surface area contributed by atoms with E-state index in [-0.39, 0.29) is 18.0 Å². The number of rotatable bonds is 6. The van der Waals surface area contributed by atoms with Gasteiger partial charge in [0.15, 0.2) is 0 Å². The molecule has 1 N–H and O–H groups in total. The highest BCUT2D eigenvalue weighted by atomic mass is 32.2. The number of aliphatic hydroxyl groups excluding tert-OH is 1. The molecular weight excluding hydrogens is 274 g/mol. The maximum absolute atomic E-state index is 12.7. The van der Waals surface area contributed by atoms with Gasteiger partial charge in [-0.25, -0.2) is 8.42 Å². The Kier molecular flexibility index (Phi) is 5.31. The third-order valence-corrected chi connectivity index (χ3v) is 5.16. The normalized spacial score (nSPS) is 12.2. The zero-order valence-electron chi connectivity index (χ0n) is 12.1. The van der Waals surface area contributed by atoms with Gasteiger partial charge < -0.3 is 5.11 Å². The summed E-state index contributed by atoms with van der Waals surface area (Å²) in [6.07, 6.45) is 1.53. The summed E-state index contributed by atoms with van der Waals surface area (Å²) in [4.78, 5) is 0.210. The van der Waals surface area contributed by atoms with Crippen LogP contribution in [0, 0.1) is 6.92 Å². The van der Waals surface area contributed by atoms with Crippen molar-refractivity contribution in [3.05, 3.63) is 48.2 Å². The minimum absolute atomic E-state index is 0.118. The summed E-state index contributed by atoms with van der Waals surface area (Å²) >= 11 is 0. The van der Waals surface area contributed by atoms with Gasteiger partial charge in [0.25, 0.3) is 0 Å². The van der Waals surface area contributed by atoms with E-state index in [9.17, 15) is 13.5 Å². The first-order valence-corrected chi connectivity index (χ1v) is 7.74. The molecule has 0 spiro atoms. The van der Waals surface area contributed by atoms with Crippen molar-refractivity contribution in [3.8, 4) is 0 Å². The Bertz CT molecular complexity index is 597. The molecule has 0 atom stereocenters. The summed E-state index contributed by atoms with van der Waals surface area (Å²) in [5.74, 6) is 0. The fourth-order valence-corrected chi connectivity index (χ4v) is 3.45. The molecule has 0 amide bonds. The van der Waals surface area contributed by atoms with Gasteiger partial charge in [0.05, 0.1) is 17.0 Å². The van der Waals surface area contributed by atoms with Crippen LogP contribution in [0.3, 0.4) is 0 Å². The Morgan fingerprint density at radius 2 is 1.90 bits per heavy atom. The fraction of sp³-hybridized carbons (Fsp3) is 0.400. The lowest BCUT2D eigenvalue weighted by Crippen LogP contribution is -2.50. The Morgan fingerprint density at radius 3 is 2.35 bits per heavy atom. The van der Waals surface area contributed by atoms with Crippen molar-refractivity contribution in [2.45, 2.75) is 31.2 Å². The molecular formula is C15H21NO3S. The Balaban J connectivity index is 3.30. The highest BCUT2D eigenvalue weighted by molar-refractivity contribution is 7.89. The first-order chi connectivity index (χ1) is 9.25. The Morgan fingerprint density at radius 1 is 1.35 bits per heavy atom. The summed E-state index contributed by atoms with van der Waals surface area (Å²) in [5.41, 5.74) is 2.65. The summed E-state index contributed by atoms with van der Waals surface area (Å²) in [7, 11) is -3.69. The largest absolute Gasteiger partial charge is 0.394 e. The molecule has 0 aliphatic rings. The van der Waals surface area contributed by atoms with Crippen molar-refractivity contribution in [1.29, 1.82) is 0 Å². The third kappa shape index (κ3) is 3.58. The molecule has 5 heteroatoms. The molecule has 0 radical (unpaired) electrons. The average molecular weight is 295 g/mol. The second-order valence-corrected chi connectivity index (χ2v) is 7.09. The van der Waals surface area contributed by atoms with Crippen LogP contribution in [0.25, 0.3) is 0 Å². The summed E-state index contributed by atoms with van der Waals surface area (Å²) in [5, 5.41) is 9.46. The summed E-state index contributed by atoms with van der Waals surface area (Å²) < 4.78 is 26.7. The van der Waals surface area contributed by atoms with Gasteiger partial charge in [0.2, 0.25) is 10.0 Å². The minimum Gasteiger partial charge on any atom is -0.394 e. The molecule has 0 aromatic heterocycles. The lowest BCUT2D eigenvalue weighted by atomic mass is 10.1. The number of aliphatic hydroxyl groups is 1. The van der Waals surface area contributed by atoms with Crippen LogP contribution in [0.15, 0.2) is 47.5 Å². The highest BCUT2D eigenvalue weighted by Crippen LogP contribution is 2.24. The molecule has 1 rings (SSSR count). The van der Waals surface area contributed by atoms with Crippen LogP contribution < -0.4 is 0 Å². The molecule has 0 aliphatic carbocycles. The van der Waals surface area contributed by atoms with E-state index in [1.54, 1.807) is 38.1 Å².